The number of hydrogen-bond acceptors (Lipinski definition) is 3. The zero-order valence-electron chi connectivity index (χ0n) is 9.35. The summed E-state index contributed by atoms with van der Waals surface area (Å²) in [7, 11) is 1.41. The predicted molar refractivity (Wildman–Crippen MR) is 61.8 cm³/mol. The Morgan fingerprint density at radius 1 is 1.50 bits per heavy atom. The van der Waals surface area contributed by atoms with Crippen LogP contribution in [0.3, 0.4) is 0 Å². The Morgan fingerprint density at radius 3 is 2.75 bits per heavy atom. The lowest BCUT2D eigenvalue weighted by Crippen LogP contribution is -2.32. The third-order valence-electron chi connectivity index (χ3n) is 2.79. The van der Waals surface area contributed by atoms with E-state index in [-0.39, 0.29) is 6.09 Å². The number of carbonyl (C=O) groups is 1. The Morgan fingerprint density at radius 2 is 2.19 bits per heavy atom. The Hall–Kier alpha value is -1.71. The third-order valence-corrected chi connectivity index (χ3v) is 2.79. The van der Waals surface area contributed by atoms with Crippen LogP contribution in [0.4, 0.5) is 10.5 Å². The maximum Gasteiger partial charge on any atom is 0.410 e. The summed E-state index contributed by atoms with van der Waals surface area (Å²) >= 11 is 0. The van der Waals surface area contributed by atoms with Crippen LogP contribution in [-0.4, -0.2) is 24.1 Å². The van der Waals surface area contributed by atoms with Crippen molar-refractivity contribution in [1.82, 2.24) is 4.90 Å². The number of nitrogens with zero attached hydrogens (tertiary/aromatic N) is 1. The van der Waals surface area contributed by atoms with Gasteiger partial charge in [0.25, 0.3) is 0 Å². The van der Waals surface area contributed by atoms with Crippen molar-refractivity contribution in [1.29, 1.82) is 0 Å². The van der Waals surface area contributed by atoms with Crippen molar-refractivity contribution in [2.75, 3.05) is 12.8 Å². The highest BCUT2D eigenvalue weighted by molar-refractivity contribution is 5.68. The molecule has 1 amide bonds. The Bertz CT molecular complexity index is 388. The zero-order chi connectivity index (χ0) is 11.5. The van der Waals surface area contributed by atoms with Crippen molar-refractivity contribution in [3.8, 4) is 0 Å². The number of benzene rings is 1. The van der Waals surface area contributed by atoms with Crippen molar-refractivity contribution >= 4 is 11.8 Å². The average Bonchev–Trinajstić information content (AvgIpc) is 3.11. The topological polar surface area (TPSA) is 55.6 Å². The van der Waals surface area contributed by atoms with E-state index in [4.69, 9.17) is 10.5 Å². The number of carbonyl (C=O) groups excluding carboxylic acids is 1. The third kappa shape index (κ3) is 2.27. The van der Waals surface area contributed by atoms with Crippen molar-refractivity contribution in [3.05, 3.63) is 29.8 Å². The second-order valence-electron chi connectivity index (χ2n) is 4.03. The molecule has 1 aliphatic carbocycles. The molecule has 2 rings (SSSR count). The molecule has 4 heteroatoms. The average molecular weight is 220 g/mol. The minimum absolute atomic E-state index is 0.272. The van der Waals surface area contributed by atoms with E-state index in [0.717, 1.165) is 24.1 Å². The summed E-state index contributed by atoms with van der Waals surface area (Å²) in [4.78, 5) is 13.3. The predicted octanol–water partition coefficient (Wildman–Crippen LogP) is 2.00. The van der Waals surface area contributed by atoms with Gasteiger partial charge in [0.1, 0.15) is 0 Å². The number of anilines is 1. The molecule has 4 nitrogen and oxygen atoms in total. The molecule has 0 heterocycles. The molecule has 0 radical (unpaired) electrons. The highest BCUT2D eigenvalue weighted by Crippen LogP contribution is 2.29. The molecule has 1 aromatic carbocycles. The Kier molecular flexibility index (Phi) is 2.99. The van der Waals surface area contributed by atoms with Crippen LogP contribution in [0.25, 0.3) is 0 Å². The zero-order valence-corrected chi connectivity index (χ0v) is 9.35. The highest BCUT2D eigenvalue weighted by Gasteiger charge is 2.33. The molecule has 1 aromatic rings. The molecule has 0 bridgehead atoms. The smallest absolute Gasteiger partial charge is 0.410 e. The Labute approximate surface area is 95.0 Å². The number of para-hydroxylation sites is 1. The van der Waals surface area contributed by atoms with Crippen LogP contribution in [0.5, 0.6) is 0 Å². The first kappa shape index (κ1) is 10.8. The van der Waals surface area contributed by atoms with E-state index in [0.29, 0.717) is 12.6 Å². The minimum atomic E-state index is -0.272. The van der Waals surface area contributed by atoms with Crippen LogP contribution < -0.4 is 5.73 Å². The van der Waals surface area contributed by atoms with Gasteiger partial charge in [-0.05, 0) is 24.5 Å². The van der Waals surface area contributed by atoms with Crippen molar-refractivity contribution in [3.63, 3.8) is 0 Å². The van der Waals surface area contributed by atoms with E-state index in [1.807, 2.05) is 24.3 Å². The van der Waals surface area contributed by atoms with Gasteiger partial charge >= 0.3 is 6.09 Å². The first-order valence-corrected chi connectivity index (χ1v) is 5.40. The summed E-state index contributed by atoms with van der Waals surface area (Å²) in [5.74, 6) is 0. The van der Waals surface area contributed by atoms with Gasteiger partial charge in [0.2, 0.25) is 0 Å². The van der Waals surface area contributed by atoms with Crippen LogP contribution in [0.1, 0.15) is 18.4 Å². The van der Waals surface area contributed by atoms with E-state index < -0.39 is 0 Å². The van der Waals surface area contributed by atoms with Gasteiger partial charge in [0.15, 0.2) is 0 Å². The number of nitrogen functional groups attached to an aromatic ring is 1. The molecular weight excluding hydrogens is 204 g/mol. The van der Waals surface area contributed by atoms with E-state index in [2.05, 4.69) is 0 Å². The fraction of sp³-hybridized carbons (Fsp3) is 0.417. The maximum absolute atomic E-state index is 11.6. The number of ether oxygens (including phenoxy) is 1. The van der Waals surface area contributed by atoms with Crippen molar-refractivity contribution in [2.45, 2.75) is 25.4 Å². The maximum atomic E-state index is 11.6. The second kappa shape index (κ2) is 4.43. The van der Waals surface area contributed by atoms with E-state index >= 15 is 0 Å². The van der Waals surface area contributed by atoms with Crippen molar-refractivity contribution < 1.29 is 9.53 Å². The summed E-state index contributed by atoms with van der Waals surface area (Å²) in [6.45, 7) is 0.532. The van der Waals surface area contributed by atoms with Gasteiger partial charge in [-0.2, -0.15) is 0 Å². The molecule has 1 aliphatic rings. The van der Waals surface area contributed by atoms with Gasteiger partial charge in [-0.25, -0.2) is 4.79 Å². The number of rotatable bonds is 3. The molecule has 1 fully saturated rings. The lowest BCUT2D eigenvalue weighted by molar-refractivity contribution is 0.118. The van der Waals surface area contributed by atoms with Gasteiger partial charge in [-0.3, -0.25) is 0 Å². The fourth-order valence-electron chi connectivity index (χ4n) is 1.71. The minimum Gasteiger partial charge on any atom is -0.453 e. The number of amides is 1. The molecule has 2 N–H and O–H groups in total. The highest BCUT2D eigenvalue weighted by atomic mass is 16.5. The summed E-state index contributed by atoms with van der Waals surface area (Å²) in [5, 5.41) is 0. The molecule has 0 saturated heterocycles. The molecule has 16 heavy (non-hydrogen) atoms. The molecule has 0 unspecified atom stereocenters. The fourth-order valence-corrected chi connectivity index (χ4v) is 1.71. The lowest BCUT2D eigenvalue weighted by atomic mass is 10.1. The largest absolute Gasteiger partial charge is 0.453 e. The number of nitrogens with two attached hydrogens (primary N) is 1. The van der Waals surface area contributed by atoms with Crippen LogP contribution in [0, 0.1) is 0 Å². The van der Waals surface area contributed by atoms with Gasteiger partial charge in [0, 0.05) is 11.7 Å². The molecular formula is C12H16N2O2. The molecule has 0 spiro atoms. The standard InChI is InChI=1S/C12H16N2O2/c1-16-12(15)14(10-6-7-10)8-9-4-2-3-5-11(9)13/h2-5,10H,6-8,13H2,1H3. The Balaban J connectivity index is 2.11. The van der Waals surface area contributed by atoms with Crippen molar-refractivity contribution in [2.24, 2.45) is 0 Å². The van der Waals surface area contributed by atoms with E-state index in [1.165, 1.54) is 7.11 Å². The van der Waals surface area contributed by atoms with Crippen LogP contribution in [0.15, 0.2) is 24.3 Å². The first-order valence-electron chi connectivity index (χ1n) is 5.40. The molecule has 0 atom stereocenters. The molecule has 0 aliphatic heterocycles. The van der Waals surface area contributed by atoms with Gasteiger partial charge < -0.3 is 15.4 Å². The molecule has 86 valence electrons. The molecule has 0 aromatic heterocycles. The summed E-state index contributed by atoms with van der Waals surface area (Å²) in [6, 6.07) is 7.92. The van der Waals surface area contributed by atoms with Gasteiger partial charge in [0.05, 0.1) is 13.7 Å². The number of hydrogen-bond donors (Lipinski definition) is 1. The van der Waals surface area contributed by atoms with E-state index in [1.54, 1.807) is 4.90 Å². The molecule has 1 saturated carbocycles. The van der Waals surface area contributed by atoms with Crippen LogP contribution in [0.2, 0.25) is 0 Å². The number of methoxy groups -OCH3 is 1. The quantitative estimate of drug-likeness (QED) is 0.793. The normalized spacial score (nSPS) is 14.6. The van der Waals surface area contributed by atoms with E-state index in [9.17, 15) is 4.79 Å². The monoisotopic (exact) mass is 220 g/mol. The van der Waals surface area contributed by atoms with Gasteiger partial charge in [-0.1, -0.05) is 18.2 Å². The van der Waals surface area contributed by atoms with Gasteiger partial charge in [-0.15, -0.1) is 0 Å². The van der Waals surface area contributed by atoms with Crippen LogP contribution >= 0.6 is 0 Å². The summed E-state index contributed by atoms with van der Waals surface area (Å²) < 4.78 is 4.77. The SMILES string of the molecule is COC(=O)N(Cc1ccccc1N)C1CC1. The lowest BCUT2D eigenvalue weighted by Gasteiger charge is -2.21. The summed E-state index contributed by atoms with van der Waals surface area (Å²) in [6.07, 6.45) is 1.84. The van der Waals surface area contributed by atoms with Crippen LogP contribution in [-0.2, 0) is 11.3 Å². The second-order valence-corrected chi connectivity index (χ2v) is 4.03. The first-order chi connectivity index (χ1) is 7.72. The summed E-state index contributed by atoms with van der Waals surface area (Å²) in [5.41, 5.74) is 7.54.